The maximum Gasteiger partial charge on any atom is 0.241 e. The number of carbonyl (C=O) groups is 1. The van der Waals surface area contributed by atoms with E-state index in [0.29, 0.717) is 22.2 Å². The van der Waals surface area contributed by atoms with E-state index >= 15 is 0 Å². The summed E-state index contributed by atoms with van der Waals surface area (Å²) in [5, 5.41) is 3.58. The number of rotatable bonds is 3. The minimum atomic E-state index is -0.528. The van der Waals surface area contributed by atoms with Gasteiger partial charge in [0.1, 0.15) is 0 Å². The molecule has 0 aliphatic rings. The topological polar surface area (TPSA) is 55.1 Å². The van der Waals surface area contributed by atoms with Crippen LogP contribution in [0.5, 0.6) is 0 Å². The highest BCUT2D eigenvalue weighted by Gasteiger charge is 2.12. The van der Waals surface area contributed by atoms with Crippen LogP contribution >= 0.6 is 23.2 Å². The van der Waals surface area contributed by atoms with Crippen LogP contribution in [0, 0.1) is 0 Å². The molecule has 1 amide bonds. The van der Waals surface area contributed by atoms with Gasteiger partial charge in [-0.05, 0) is 24.6 Å². The van der Waals surface area contributed by atoms with Crippen LogP contribution in [0.25, 0.3) is 0 Å². The second kappa shape index (κ2) is 5.35. The lowest BCUT2D eigenvalue weighted by atomic mass is 10.2. The van der Waals surface area contributed by atoms with Crippen LogP contribution in [0.15, 0.2) is 18.2 Å². The molecule has 1 rings (SSSR count). The van der Waals surface area contributed by atoms with Crippen LogP contribution in [0.3, 0.4) is 0 Å². The van der Waals surface area contributed by atoms with Crippen LogP contribution < -0.4 is 11.1 Å². The standard InChI is InChI=1S/C10H12Cl2N2O/c1-2-8(13)10(15)14-9-5-6(11)3-4-7(9)12/h3-5,8H,2,13H2,1H3,(H,14,15)/t8-/m0/s1. The second-order valence-corrected chi connectivity index (χ2v) is 3.97. The van der Waals surface area contributed by atoms with Crippen molar-refractivity contribution >= 4 is 34.8 Å². The lowest BCUT2D eigenvalue weighted by molar-refractivity contribution is -0.117. The van der Waals surface area contributed by atoms with Crippen LogP contribution in [-0.2, 0) is 4.79 Å². The Balaban J connectivity index is 2.80. The Hall–Kier alpha value is -0.770. The zero-order valence-electron chi connectivity index (χ0n) is 8.26. The lowest BCUT2D eigenvalue weighted by Gasteiger charge is -2.11. The number of nitrogens with two attached hydrogens (primary N) is 1. The molecule has 15 heavy (non-hydrogen) atoms. The molecule has 0 saturated carbocycles. The van der Waals surface area contributed by atoms with Gasteiger partial charge < -0.3 is 11.1 Å². The lowest BCUT2D eigenvalue weighted by Crippen LogP contribution is -2.34. The summed E-state index contributed by atoms with van der Waals surface area (Å²) >= 11 is 11.6. The van der Waals surface area contributed by atoms with Crippen molar-refractivity contribution in [2.45, 2.75) is 19.4 Å². The number of amides is 1. The molecule has 1 atom stereocenters. The third kappa shape index (κ3) is 3.38. The van der Waals surface area contributed by atoms with Crippen molar-refractivity contribution in [2.75, 3.05) is 5.32 Å². The number of carbonyl (C=O) groups excluding carboxylic acids is 1. The van der Waals surface area contributed by atoms with Gasteiger partial charge in [0, 0.05) is 5.02 Å². The molecular formula is C10H12Cl2N2O. The van der Waals surface area contributed by atoms with Crippen molar-refractivity contribution in [2.24, 2.45) is 5.73 Å². The van der Waals surface area contributed by atoms with Crippen molar-refractivity contribution < 1.29 is 4.79 Å². The van der Waals surface area contributed by atoms with E-state index in [-0.39, 0.29) is 5.91 Å². The minimum absolute atomic E-state index is 0.262. The largest absolute Gasteiger partial charge is 0.323 e. The van der Waals surface area contributed by atoms with E-state index < -0.39 is 6.04 Å². The van der Waals surface area contributed by atoms with Crippen LogP contribution in [-0.4, -0.2) is 11.9 Å². The molecule has 1 aromatic carbocycles. The molecule has 0 saturated heterocycles. The molecule has 0 bridgehead atoms. The third-order valence-electron chi connectivity index (χ3n) is 1.96. The maximum absolute atomic E-state index is 11.5. The van der Waals surface area contributed by atoms with E-state index in [9.17, 15) is 4.79 Å². The summed E-state index contributed by atoms with van der Waals surface area (Å²) in [5.74, 6) is -0.262. The molecule has 0 heterocycles. The van der Waals surface area contributed by atoms with E-state index in [0.717, 1.165) is 0 Å². The monoisotopic (exact) mass is 246 g/mol. The molecule has 0 aliphatic heterocycles. The summed E-state index contributed by atoms with van der Waals surface area (Å²) in [7, 11) is 0. The number of anilines is 1. The fraction of sp³-hybridized carbons (Fsp3) is 0.300. The van der Waals surface area contributed by atoms with Crippen molar-refractivity contribution in [3.05, 3.63) is 28.2 Å². The maximum atomic E-state index is 11.5. The summed E-state index contributed by atoms with van der Waals surface area (Å²) in [6.45, 7) is 1.84. The summed E-state index contributed by atoms with van der Waals surface area (Å²) < 4.78 is 0. The fourth-order valence-electron chi connectivity index (χ4n) is 1.00. The first-order valence-corrected chi connectivity index (χ1v) is 5.31. The van der Waals surface area contributed by atoms with Gasteiger partial charge in [0.05, 0.1) is 16.8 Å². The normalized spacial score (nSPS) is 12.3. The fourth-order valence-corrected chi connectivity index (χ4v) is 1.34. The summed E-state index contributed by atoms with van der Waals surface area (Å²) in [6, 6.07) is 4.33. The van der Waals surface area contributed by atoms with Crippen molar-refractivity contribution in [1.29, 1.82) is 0 Å². The summed E-state index contributed by atoms with van der Waals surface area (Å²) in [4.78, 5) is 11.5. The van der Waals surface area contributed by atoms with Gasteiger partial charge in [-0.3, -0.25) is 4.79 Å². The van der Waals surface area contributed by atoms with Crippen molar-refractivity contribution in [3.8, 4) is 0 Å². The van der Waals surface area contributed by atoms with Gasteiger partial charge in [-0.2, -0.15) is 0 Å². The molecule has 0 fully saturated rings. The van der Waals surface area contributed by atoms with Gasteiger partial charge in [-0.25, -0.2) is 0 Å². The van der Waals surface area contributed by atoms with E-state index in [1.165, 1.54) is 0 Å². The van der Waals surface area contributed by atoms with E-state index in [4.69, 9.17) is 28.9 Å². The van der Waals surface area contributed by atoms with Gasteiger partial charge in [0.25, 0.3) is 0 Å². The average Bonchev–Trinajstić information content (AvgIpc) is 2.22. The Morgan fingerprint density at radius 1 is 1.53 bits per heavy atom. The second-order valence-electron chi connectivity index (χ2n) is 3.13. The SMILES string of the molecule is CC[C@H](N)C(=O)Nc1cc(Cl)ccc1Cl. The van der Waals surface area contributed by atoms with Crippen molar-refractivity contribution in [3.63, 3.8) is 0 Å². The van der Waals surface area contributed by atoms with E-state index in [2.05, 4.69) is 5.32 Å². The summed E-state index contributed by atoms with van der Waals surface area (Å²) in [6.07, 6.45) is 0.573. The molecule has 0 aromatic heterocycles. The van der Waals surface area contributed by atoms with Gasteiger partial charge in [0.2, 0.25) is 5.91 Å². The molecular weight excluding hydrogens is 235 g/mol. The Labute approximate surface area is 98.5 Å². The first-order valence-electron chi connectivity index (χ1n) is 4.56. The zero-order valence-corrected chi connectivity index (χ0v) is 9.77. The van der Waals surface area contributed by atoms with Crippen LogP contribution in [0.4, 0.5) is 5.69 Å². The predicted octanol–water partition coefficient (Wildman–Crippen LogP) is 2.67. The van der Waals surface area contributed by atoms with E-state index in [1.807, 2.05) is 6.92 Å². The van der Waals surface area contributed by atoms with Gasteiger partial charge in [-0.1, -0.05) is 30.1 Å². The Morgan fingerprint density at radius 3 is 2.80 bits per heavy atom. The van der Waals surface area contributed by atoms with Gasteiger partial charge in [0.15, 0.2) is 0 Å². The van der Waals surface area contributed by atoms with Crippen LogP contribution in [0.1, 0.15) is 13.3 Å². The first-order chi connectivity index (χ1) is 7.04. The Bertz CT molecular complexity index is 368. The van der Waals surface area contributed by atoms with Gasteiger partial charge >= 0.3 is 0 Å². The molecule has 82 valence electrons. The number of hydrogen-bond donors (Lipinski definition) is 2. The Kier molecular flexibility index (Phi) is 4.39. The minimum Gasteiger partial charge on any atom is -0.323 e. The first kappa shape index (κ1) is 12.3. The number of hydrogen-bond acceptors (Lipinski definition) is 2. The Morgan fingerprint density at radius 2 is 2.20 bits per heavy atom. The molecule has 3 N–H and O–H groups in total. The molecule has 0 unspecified atom stereocenters. The number of halogens is 2. The molecule has 0 aliphatic carbocycles. The third-order valence-corrected chi connectivity index (χ3v) is 2.53. The summed E-state index contributed by atoms with van der Waals surface area (Å²) in [5.41, 5.74) is 6.05. The quantitative estimate of drug-likeness (QED) is 0.862. The number of nitrogens with one attached hydrogen (secondary N) is 1. The number of benzene rings is 1. The molecule has 5 heteroatoms. The van der Waals surface area contributed by atoms with Gasteiger partial charge in [-0.15, -0.1) is 0 Å². The molecule has 0 spiro atoms. The van der Waals surface area contributed by atoms with Crippen LogP contribution in [0.2, 0.25) is 10.0 Å². The highest BCUT2D eigenvalue weighted by Crippen LogP contribution is 2.25. The average molecular weight is 247 g/mol. The van der Waals surface area contributed by atoms with E-state index in [1.54, 1.807) is 18.2 Å². The molecule has 0 radical (unpaired) electrons. The predicted molar refractivity (Wildman–Crippen MR) is 63.4 cm³/mol. The molecule has 3 nitrogen and oxygen atoms in total. The smallest absolute Gasteiger partial charge is 0.241 e. The highest BCUT2D eigenvalue weighted by molar-refractivity contribution is 6.35. The van der Waals surface area contributed by atoms with Crippen molar-refractivity contribution in [1.82, 2.24) is 0 Å². The highest BCUT2D eigenvalue weighted by atomic mass is 35.5. The molecule has 1 aromatic rings. The zero-order chi connectivity index (χ0) is 11.4.